The molecule has 0 amide bonds. The number of carbonyl (C=O) groups is 2. The number of aliphatic hydroxyl groups excluding tert-OH is 2. The lowest BCUT2D eigenvalue weighted by atomic mass is 10.1. The van der Waals surface area contributed by atoms with Gasteiger partial charge in [0.2, 0.25) is 0 Å². The highest BCUT2D eigenvalue weighted by Crippen LogP contribution is 2.43. The van der Waals surface area contributed by atoms with Gasteiger partial charge >= 0.3 is 19.8 Å². The topological polar surface area (TPSA) is 149 Å². The number of hydrogen-bond donors (Lipinski definition) is 3. The monoisotopic (exact) mass is 827 g/mol. The number of phosphoric ester groups is 1. The molecule has 0 bridgehead atoms. The van der Waals surface area contributed by atoms with E-state index in [1.54, 1.807) is 0 Å². The zero-order chi connectivity index (χ0) is 41.9. The maximum atomic E-state index is 12.6. The van der Waals surface area contributed by atoms with E-state index in [0.29, 0.717) is 12.8 Å². The minimum absolute atomic E-state index is 0.157. The number of ether oxygens (including phenoxy) is 2. The summed E-state index contributed by atoms with van der Waals surface area (Å²) in [5.74, 6) is -0.951. The van der Waals surface area contributed by atoms with Crippen LogP contribution in [-0.2, 0) is 32.7 Å². The molecule has 11 heteroatoms. The van der Waals surface area contributed by atoms with E-state index >= 15 is 0 Å². The molecule has 0 aromatic rings. The van der Waals surface area contributed by atoms with Crippen LogP contribution < -0.4 is 0 Å². The molecule has 0 aromatic heterocycles. The number of aliphatic hydroxyl groups is 2. The molecule has 0 saturated carbocycles. The number of phosphoric acid groups is 1. The fourth-order valence-corrected chi connectivity index (χ4v) is 6.72. The Hall–Kier alpha value is -2.07. The molecule has 57 heavy (non-hydrogen) atoms. The molecule has 0 heterocycles. The first kappa shape index (κ1) is 54.9. The van der Waals surface area contributed by atoms with Gasteiger partial charge in [0.05, 0.1) is 19.8 Å². The Kier molecular flexibility index (Phi) is 40.5. The van der Waals surface area contributed by atoms with Crippen LogP contribution in [0.2, 0.25) is 0 Å². The molecule has 0 aromatic carbocycles. The van der Waals surface area contributed by atoms with Crippen LogP contribution in [0.5, 0.6) is 0 Å². The Bertz CT molecular complexity index is 1090. The molecule has 3 N–H and O–H groups in total. The predicted octanol–water partition coefficient (Wildman–Crippen LogP) is 12.1. The van der Waals surface area contributed by atoms with Crippen molar-refractivity contribution in [3.8, 4) is 0 Å². The molecule has 0 aliphatic carbocycles. The van der Waals surface area contributed by atoms with E-state index in [4.69, 9.17) is 23.6 Å². The van der Waals surface area contributed by atoms with Gasteiger partial charge in [-0.15, -0.1) is 0 Å². The summed E-state index contributed by atoms with van der Waals surface area (Å²) in [6.07, 6.45) is 45.0. The van der Waals surface area contributed by atoms with Crippen molar-refractivity contribution in [2.24, 2.45) is 0 Å². The second-order valence-electron chi connectivity index (χ2n) is 15.1. The van der Waals surface area contributed by atoms with Crippen LogP contribution in [0.4, 0.5) is 0 Å². The van der Waals surface area contributed by atoms with Crippen molar-refractivity contribution in [1.82, 2.24) is 0 Å². The number of carbonyl (C=O) groups excluding carboxylic acids is 2. The average molecular weight is 827 g/mol. The number of hydrogen-bond acceptors (Lipinski definition) is 9. The summed E-state index contributed by atoms with van der Waals surface area (Å²) in [7, 11) is -4.63. The van der Waals surface area contributed by atoms with E-state index < -0.39 is 51.8 Å². The van der Waals surface area contributed by atoms with Crippen molar-refractivity contribution in [3.63, 3.8) is 0 Å². The largest absolute Gasteiger partial charge is 0.472 e. The van der Waals surface area contributed by atoms with Crippen LogP contribution in [0, 0.1) is 0 Å². The first-order valence-corrected chi connectivity index (χ1v) is 24.1. The van der Waals surface area contributed by atoms with E-state index in [1.165, 1.54) is 96.3 Å². The van der Waals surface area contributed by atoms with Crippen LogP contribution in [-0.4, -0.2) is 65.7 Å². The van der Waals surface area contributed by atoms with Crippen molar-refractivity contribution in [2.45, 2.75) is 206 Å². The Balaban J connectivity index is 4.31. The van der Waals surface area contributed by atoms with Crippen LogP contribution >= 0.6 is 7.82 Å². The van der Waals surface area contributed by atoms with Crippen molar-refractivity contribution in [3.05, 3.63) is 48.6 Å². The second-order valence-corrected chi connectivity index (χ2v) is 16.5. The normalized spacial score (nSPS) is 14.3. The molecule has 0 rings (SSSR count). The summed E-state index contributed by atoms with van der Waals surface area (Å²) in [5, 5.41) is 18.3. The minimum atomic E-state index is -4.63. The van der Waals surface area contributed by atoms with E-state index in [9.17, 15) is 24.2 Å². The summed E-state index contributed by atoms with van der Waals surface area (Å²) in [5.41, 5.74) is 0. The SMILES string of the molecule is CCCCC/C=C/C/C=C/C/C=C/CCCCCCC(=O)O[C@H](COC(=O)CCCCCCCCCCC/C=C/CCCCCC)COP(=O)(O)OC[C@@H](O)CO. The number of esters is 2. The Morgan fingerprint density at radius 3 is 1.42 bits per heavy atom. The smallest absolute Gasteiger partial charge is 0.462 e. The number of rotatable bonds is 42. The molecule has 1 unspecified atom stereocenters. The van der Waals surface area contributed by atoms with E-state index in [1.807, 2.05) is 0 Å². The van der Waals surface area contributed by atoms with Crippen LogP contribution in [0.15, 0.2) is 48.6 Å². The molecule has 10 nitrogen and oxygen atoms in total. The Morgan fingerprint density at radius 2 is 0.912 bits per heavy atom. The zero-order valence-electron chi connectivity index (χ0n) is 36.0. The summed E-state index contributed by atoms with van der Waals surface area (Å²) >= 11 is 0. The van der Waals surface area contributed by atoms with Gasteiger partial charge in [-0.3, -0.25) is 18.6 Å². The van der Waals surface area contributed by atoms with Crippen molar-refractivity contribution in [1.29, 1.82) is 0 Å². The fourth-order valence-electron chi connectivity index (χ4n) is 5.94. The van der Waals surface area contributed by atoms with Crippen molar-refractivity contribution >= 4 is 19.8 Å². The van der Waals surface area contributed by atoms with Crippen molar-refractivity contribution < 1.29 is 47.8 Å². The predicted molar refractivity (Wildman–Crippen MR) is 233 cm³/mol. The average Bonchev–Trinajstić information content (AvgIpc) is 3.20. The molecule has 3 atom stereocenters. The third kappa shape index (κ3) is 41.9. The Labute approximate surface area is 347 Å². The summed E-state index contributed by atoms with van der Waals surface area (Å²) in [6.45, 7) is 2.32. The first-order chi connectivity index (χ1) is 27.7. The van der Waals surface area contributed by atoms with Gasteiger partial charge < -0.3 is 24.6 Å². The van der Waals surface area contributed by atoms with Gasteiger partial charge in [-0.05, 0) is 77.0 Å². The highest BCUT2D eigenvalue weighted by atomic mass is 31.2. The van der Waals surface area contributed by atoms with Crippen LogP contribution in [0.25, 0.3) is 0 Å². The molecular weight excluding hydrogens is 743 g/mol. The minimum Gasteiger partial charge on any atom is -0.462 e. The molecule has 0 spiro atoms. The van der Waals surface area contributed by atoms with Crippen LogP contribution in [0.3, 0.4) is 0 Å². The molecule has 0 saturated heterocycles. The van der Waals surface area contributed by atoms with E-state index in [2.05, 4.69) is 62.5 Å². The standard InChI is InChI=1S/C46H83O10P/c1-3-5-7-9-11-13-15-17-19-21-23-25-27-29-31-33-35-37-45(49)53-41-44(42-55-57(51,52)54-40-43(48)39-47)56-46(50)38-36-34-32-30-28-26-24-22-20-18-16-14-12-10-8-6-4-2/h12-15,18,20,24,26,43-44,47-48H,3-11,16-17,19,21-23,25,27-42H2,1-2H3,(H,51,52)/b14-12+,15-13+,20-18+,26-24+/t43-,44+/m0/s1. The van der Waals surface area contributed by atoms with Gasteiger partial charge in [0.25, 0.3) is 0 Å². The lowest BCUT2D eigenvalue weighted by Crippen LogP contribution is -2.29. The lowest BCUT2D eigenvalue weighted by molar-refractivity contribution is -0.161. The van der Waals surface area contributed by atoms with Gasteiger partial charge in [0.1, 0.15) is 12.7 Å². The molecule has 0 fully saturated rings. The molecule has 0 aliphatic heterocycles. The third-order valence-electron chi connectivity index (χ3n) is 9.46. The van der Waals surface area contributed by atoms with Gasteiger partial charge in [0.15, 0.2) is 6.10 Å². The third-order valence-corrected chi connectivity index (χ3v) is 10.4. The summed E-state index contributed by atoms with van der Waals surface area (Å²) in [6, 6.07) is 0. The molecule has 0 radical (unpaired) electrons. The van der Waals surface area contributed by atoms with Gasteiger partial charge in [0, 0.05) is 12.8 Å². The van der Waals surface area contributed by atoms with E-state index in [0.717, 1.165) is 57.8 Å². The van der Waals surface area contributed by atoms with Gasteiger partial charge in [-0.2, -0.15) is 0 Å². The van der Waals surface area contributed by atoms with Gasteiger partial charge in [-0.1, -0.05) is 152 Å². The fraction of sp³-hybridized carbons (Fsp3) is 0.783. The maximum absolute atomic E-state index is 12.6. The highest BCUT2D eigenvalue weighted by molar-refractivity contribution is 7.47. The molecule has 0 aliphatic rings. The quantitative estimate of drug-likeness (QED) is 0.0235. The summed E-state index contributed by atoms with van der Waals surface area (Å²) < 4.78 is 32.7. The number of unbranched alkanes of at least 4 members (excludes halogenated alkanes) is 20. The van der Waals surface area contributed by atoms with Gasteiger partial charge in [-0.25, -0.2) is 4.57 Å². The van der Waals surface area contributed by atoms with E-state index in [-0.39, 0.29) is 19.4 Å². The second kappa shape index (κ2) is 42.1. The molecule has 332 valence electrons. The van der Waals surface area contributed by atoms with Crippen molar-refractivity contribution in [2.75, 3.05) is 26.4 Å². The summed E-state index contributed by atoms with van der Waals surface area (Å²) in [4.78, 5) is 35.0. The molecular formula is C46H83O10P. The Morgan fingerprint density at radius 1 is 0.526 bits per heavy atom. The van der Waals surface area contributed by atoms with Crippen LogP contribution in [0.1, 0.15) is 194 Å². The highest BCUT2D eigenvalue weighted by Gasteiger charge is 2.27. The zero-order valence-corrected chi connectivity index (χ0v) is 36.9. The number of allylic oxidation sites excluding steroid dienone is 8. The maximum Gasteiger partial charge on any atom is 0.472 e. The lowest BCUT2D eigenvalue weighted by Gasteiger charge is -2.20. The first-order valence-electron chi connectivity index (χ1n) is 22.6.